The van der Waals surface area contributed by atoms with Gasteiger partial charge in [-0.25, -0.2) is 29.0 Å². The summed E-state index contributed by atoms with van der Waals surface area (Å²) in [6.07, 6.45) is 2.52. The SMILES string of the molecule is C=CC(=O)OC(OC(=O)C=C)(N(CCO)CCO)C(OC(=O)C=C)(OC(=O)C=C)N(CCO)CCO. The second kappa shape index (κ2) is 16.3. The lowest BCUT2D eigenvalue weighted by Crippen LogP contribution is -2.78. The Labute approximate surface area is 207 Å². The maximum absolute atomic E-state index is 12.6. The van der Waals surface area contributed by atoms with E-state index >= 15 is 0 Å². The molecule has 0 unspecified atom stereocenters. The van der Waals surface area contributed by atoms with Crippen LogP contribution in [-0.2, 0) is 38.1 Å². The fraction of sp³-hybridized carbons (Fsp3) is 0.455. The van der Waals surface area contributed by atoms with Gasteiger partial charge in [-0.1, -0.05) is 26.3 Å². The maximum atomic E-state index is 12.6. The molecule has 14 nitrogen and oxygen atoms in total. The van der Waals surface area contributed by atoms with Crippen LogP contribution in [-0.4, -0.2) is 119 Å². The molecule has 0 spiro atoms. The Kier molecular flexibility index (Phi) is 14.8. The molecule has 0 aromatic carbocycles. The molecule has 0 bridgehead atoms. The minimum Gasteiger partial charge on any atom is -0.397 e. The van der Waals surface area contributed by atoms with Crippen LogP contribution < -0.4 is 0 Å². The number of aliphatic hydroxyl groups is 4. The molecule has 0 atom stereocenters. The van der Waals surface area contributed by atoms with Crippen molar-refractivity contribution in [2.24, 2.45) is 0 Å². The quantitative estimate of drug-likeness (QED) is 0.0820. The van der Waals surface area contributed by atoms with E-state index in [2.05, 4.69) is 26.3 Å². The summed E-state index contributed by atoms with van der Waals surface area (Å²) < 4.78 is 21.5. The highest BCUT2D eigenvalue weighted by atomic mass is 16.8. The van der Waals surface area contributed by atoms with Crippen LogP contribution in [0.3, 0.4) is 0 Å². The molecule has 4 N–H and O–H groups in total. The van der Waals surface area contributed by atoms with E-state index in [-0.39, 0.29) is 0 Å². The van der Waals surface area contributed by atoms with Gasteiger partial charge in [-0.3, -0.25) is 0 Å². The Morgan fingerprint density at radius 1 is 0.528 bits per heavy atom. The van der Waals surface area contributed by atoms with Crippen LogP contribution in [0.5, 0.6) is 0 Å². The maximum Gasteiger partial charge on any atom is 0.420 e. The van der Waals surface area contributed by atoms with Gasteiger partial charge in [-0.15, -0.1) is 0 Å². The van der Waals surface area contributed by atoms with E-state index in [1.54, 1.807) is 0 Å². The highest BCUT2D eigenvalue weighted by molar-refractivity contribution is 5.85. The Hall–Kier alpha value is -3.40. The molecule has 0 rings (SSSR count). The highest BCUT2D eigenvalue weighted by Gasteiger charge is 2.71. The molecule has 0 aliphatic rings. The van der Waals surface area contributed by atoms with Crippen LogP contribution in [0.25, 0.3) is 0 Å². The van der Waals surface area contributed by atoms with Crippen LogP contribution in [0, 0.1) is 0 Å². The number of esters is 4. The van der Waals surface area contributed by atoms with E-state index in [1.165, 1.54) is 0 Å². The summed E-state index contributed by atoms with van der Waals surface area (Å²) in [5.41, 5.74) is 0. The summed E-state index contributed by atoms with van der Waals surface area (Å²) in [6, 6.07) is 0. The van der Waals surface area contributed by atoms with Gasteiger partial charge >= 0.3 is 35.7 Å². The Morgan fingerprint density at radius 2 is 0.722 bits per heavy atom. The van der Waals surface area contributed by atoms with Gasteiger partial charge in [-0.05, 0) is 0 Å². The second-order valence-corrected chi connectivity index (χ2v) is 6.53. The number of ether oxygens (including phenoxy) is 4. The molecule has 0 aliphatic carbocycles. The van der Waals surface area contributed by atoms with Crippen molar-refractivity contribution in [1.29, 1.82) is 0 Å². The van der Waals surface area contributed by atoms with E-state index in [1.807, 2.05) is 0 Å². The fourth-order valence-corrected chi connectivity index (χ4v) is 2.96. The standard InChI is InChI=1S/C22H32N2O12/c1-5-17(29)33-21(34-18(30)6-2,23(9-13-25)10-14-26)22(35-19(31)7-3,36-20(32)8-4)24(11-15-27)12-16-28/h5-8,25-28H,1-4,9-16H2. The van der Waals surface area contributed by atoms with Crippen molar-refractivity contribution in [3.63, 3.8) is 0 Å². The van der Waals surface area contributed by atoms with Crippen molar-refractivity contribution < 1.29 is 58.6 Å². The minimum absolute atomic E-state index is 0.541. The van der Waals surface area contributed by atoms with Crippen molar-refractivity contribution in [1.82, 2.24) is 9.80 Å². The number of carbonyl (C=O) groups is 4. The van der Waals surface area contributed by atoms with Crippen molar-refractivity contribution in [2.75, 3.05) is 52.6 Å². The smallest absolute Gasteiger partial charge is 0.397 e. The third kappa shape index (κ3) is 8.08. The van der Waals surface area contributed by atoms with Crippen LogP contribution in [0.15, 0.2) is 50.6 Å². The van der Waals surface area contributed by atoms with Gasteiger partial charge in [0.1, 0.15) is 0 Å². The largest absolute Gasteiger partial charge is 0.420 e. The van der Waals surface area contributed by atoms with Crippen molar-refractivity contribution in [3.8, 4) is 0 Å². The third-order valence-electron chi connectivity index (χ3n) is 4.33. The van der Waals surface area contributed by atoms with Crippen molar-refractivity contribution in [3.05, 3.63) is 50.6 Å². The van der Waals surface area contributed by atoms with Gasteiger partial charge in [-0.2, -0.15) is 0 Å². The molecular weight excluding hydrogens is 484 g/mol. The Bertz CT molecular complexity index is 691. The average molecular weight is 517 g/mol. The molecular formula is C22H32N2O12. The number of rotatable bonds is 19. The number of hydrogen-bond acceptors (Lipinski definition) is 14. The minimum atomic E-state index is -3.14. The summed E-state index contributed by atoms with van der Waals surface area (Å²) in [5.74, 6) is -11.5. The normalized spacial score (nSPS) is 11.4. The van der Waals surface area contributed by atoms with E-state index in [9.17, 15) is 39.6 Å². The van der Waals surface area contributed by atoms with E-state index < -0.39 is 88.3 Å². The van der Waals surface area contributed by atoms with Gasteiger partial charge < -0.3 is 39.4 Å². The van der Waals surface area contributed by atoms with E-state index in [4.69, 9.17) is 18.9 Å². The number of nitrogens with zero attached hydrogens (tertiary/aromatic N) is 2. The first kappa shape index (κ1) is 32.6. The summed E-state index contributed by atoms with van der Waals surface area (Å²) in [6.45, 7) is 8.02. The van der Waals surface area contributed by atoms with Gasteiger partial charge in [0, 0.05) is 50.5 Å². The Balaban J connectivity index is 7.99. The van der Waals surface area contributed by atoms with Gasteiger partial charge in [0.15, 0.2) is 0 Å². The first-order valence-electron chi connectivity index (χ1n) is 10.5. The number of aliphatic hydroxyl groups excluding tert-OH is 4. The van der Waals surface area contributed by atoms with E-state index in [0.717, 1.165) is 9.80 Å². The molecule has 0 saturated carbocycles. The summed E-state index contributed by atoms with van der Waals surface area (Å²) in [5, 5.41) is 38.8. The molecule has 0 aromatic heterocycles. The van der Waals surface area contributed by atoms with Crippen LogP contribution in [0.1, 0.15) is 0 Å². The number of carbonyl (C=O) groups excluding carboxylic acids is 4. The molecule has 0 fully saturated rings. The molecule has 0 saturated heterocycles. The zero-order valence-electron chi connectivity index (χ0n) is 19.7. The summed E-state index contributed by atoms with van der Waals surface area (Å²) >= 11 is 0. The number of hydrogen-bond donors (Lipinski definition) is 4. The first-order chi connectivity index (χ1) is 17.1. The van der Waals surface area contributed by atoms with Gasteiger partial charge in [0.05, 0.1) is 26.4 Å². The molecule has 0 aromatic rings. The topological polar surface area (TPSA) is 193 Å². The predicted octanol–water partition coefficient (Wildman–Crippen LogP) is -2.22. The molecule has 202 valence electrons. The summed E-state index contributed by atoms with van der Waals surface area (Å²) in [7, 11) is 0. The lowest BCUT2D eigenvalue weighted by molar-refractivity contribution is -0.450. The van der Waals surface area contributed by atoms with Crippen LogP contribution in [0.2, 0.25) is 0 Å². The average Bonchev–Trinajstić information content (AvgIpc) is 2.86. The molecule has 0 radical (unpaired) electrons. The van der Waals surface area contributed by atoms with Gasteiger partial charge in [0.2, 0.25) is 0 Å². The van der Waals surface area contributed by atoms with Gasteiger partial charge in [0.25, 0.3) is 0 Å². The van der Waals surface area contributed by atoms with Crippen molar-refractivity contribution in [2.45, 2.75) is 11.8 Å². The first-order valence-corrected chi connectivity index (χ1v) is 10.5. The highest BCUT2D eigenvalue weighted by Crippen LogP contribution is 2.40. The lowest BCUT2D eigenvalue weighted by Gasteiger charge is -2.52. The predicted molar refractivity (Wildman–Crippen MR) is 122 cm³/mol. The second-order valence-electron chi connectivity index (χ2n) is 6.53. The lowest BCUT2D eigenvalue weighted by atomic mass is 10.2. The molecule has 0 amide bonds. The summed E-state index contributed by atoms with van der Waals surface area (Å²) in [4.78, 5) is 51.9. The molecule has 0 heterocycles. The molecule has 36 heavy (non-hydrogen) atoms. The molecule has 14 heteroatoms. The monoisotopic (exact) mass is 516 g/mol. The molecule has 0 aliphatic heterocycles. The van der Waals surface area contributed by atoms with E-state index in [0.29, 0.717) is 24.3 Å². The zero-order chi connectivity index (χ0) is 27.8. The van der Waals surface area contributed by atoms with Crippen molar-refractivity contribution >= 4 is 23.9 Å². The van der Waals surface area contributed by atoms with Crippen LogP contribution in [0.4, 0.5) is 0 Å². The fourth-order valence-electron chi connectivity index (χ4n) is 2.96. The zero-order valence-corrected chi connectivity index (χ0v) is 19.7. The van der Waals surface area contributed by atoms with Crippen LogP contribution >= 0.6 is 0 Å². The third-order valence-corrected chi connectivity index (χ3v) is 4.33. The Morgan fingerprint density at radius 3 is 0.861 bits per heavy atom.